The number of amides is 1. The Hall–Kier alpha value is -2.99. The molecule has 0 fully saturated rings. The third-order valence-corrected chi connectivity index (χ3v) is 6.59. The van der Waals surface area contributed by atoms with E-state index in [4.69, 9.17) is 0 Å². The molecule has 0 radical (unpaired) electrons. The van der Waals surface area contributed by atoms with Crippen molar-refractivity contribution in [2.45, 2.75) is 64.2 Å². The van der Waals surface area contributed by atoms with Crippen molar-refractivity contribution in [2.24, 2.45) is 0 Å². The minimum absolute atomic E-state index is 0.0887. The van der Waals surface area contributed by atoms with Gasteiger partial charge in [-0.15, -0.1) is 0 Å². The number of carbonyl (C=O) groups excluding carboxylic acids is 1. The molecule has 0 unspecified atom stereocenters. The quantitative estimate of drug-likeness (QED) is 0.649. The van der Waals surface area contributed by atoms with Crippen molar-refractivity contribution < 1.29 is 4.79 Å². The zero-order valence-electron chi connectivity index (χ0n) is 18.0. The fraction of sp³-hybridized carbons (Fsp3) is 0.400. The van der Waals surface area contributed by atoms with E-state index in [-0.39, 0.29) is 5.91 Å². The van der Waals surface area contributed by atoms with Gasteiger partial charge in [0.05, 0.1) is 0 Å². The van der Waals surface area contributed by atoms with Crippen molar-refractivity contribution in [3.63, 3.8) is 0 Å². The molecule has 6 nitrogen and oxygen atoms in total. The second-order valence-corrected chi connectivity index (χ2v) is 8.61. The average molecular weight is 416 g/mol. The number of benzene rings is 1. The molecule has 5 rings (SSSR count). The molecule has 1 amide bonds. The maximum absolute atomic E-state index is 13.0. The monoisotopic (exact) mass is 415 g/mol. The van der Waals surface area contributed by atoms with Crippen LogP contribution in [-0.2, 0) is 38.8 Å². The highest BCUT2D eigenvalue weighted by molar-refractivity contribution is 5.94. The smallest absolute Gasteiger partial charge is 0.272 e. The molecule has 2 aromatic heterocycles. The molecular formula is C25H29N5O. The van der Waals surface area contributed by atoms with Crippen LogP contribution in [0.25, 0.3) is 0 Å². The standard InChI is InChI=1S/C25H29N5O/c1-2-30-23-8-7-20(28-21-13-18-5-3-4-6-19(18)14-21)15-22(23)24(29-30)25(31)27-16-17-9-11-26-12-10-17/h3-6,9-12,20-21,28H,2,7-8,13-16H2,1H3,(H,27,31)/t20-/m0/s1. The molecule has 0 saturated heterocycles. The van der Waals surface area contributed by atoms with Crippen molar-refractivity contribution >= 4 is 5.91 Å². The zero-order valence-corrected chi connectivity index (χ0v) is 18.0. The van der Waals surface area contributed by atoms with Gasteiger partial charge in [0.2, 0.25) is 0 Å². The summed E-state index contributed by atoms with van der Waals surface area (Å²) in [7, 11) is 0. The lowest BCUT2D eigenvalue weighted by Gasteiger charge is -2.27. The predicted molar refractivity (Wildman–Crippen MR) is 120 cm³/mol. The van der Waals surface area contributed by atoms with Crippen LogP contribution in [0.5, 0.6) is 0 Å². The lowest BCUT2D eigenvalue weighted by Crippen LogP contribution is -2.42. The number of pyridine rings is 1. The maximum atomic E-state index is 13.0. The Balaban J connectivity index is 1.28. The highest BCUT2D eigenvalue weighted by Gasteiger charge is 2.31. The minimum atomic E-state index is -0.0887. The van der Waals surface area contributed by atoms with Crippen molar-refractivity contribution in [2.75, 3.05) is 0 Å². The van der Waals surface area contributed by atoms with Gasteiger partial charge < -0.3 is 10.6 Å². The number of nitrogens with one attached hydrogen (secondary N) is 2. The topological polar surface area (TPSA) is 71.8 Å². The zero-order chi connectivity index (χ0) is 21.2. The molecular weight excluding hydrogens is 386 g/mol. The number of aromatic nitrogens is 3. The van der Waals surface area contributed by atoms with Gasteiger partial charge in [-0.25, -0.2) is 0 Å². The number of hydrogen-bond acceptors (Lipinski definition) is 4. The van der Waals surface area contributed by atoms with Crippen LogP contribution >= 0.6 is 0 Å². The normalized spacial score (nSPS) is 17.9. The second-order valence-electron chi connectivity index (χ2n) is 8.61. The van der Waals surface area contributed by atoms with Gasteiger partial charge >= 0.3 is 0 Å². The average Bonchev–Trinajstić information content (AvgIpc) is 3.38. The molecule has 0 bridgehead atoms. The van der Waals surface area contributed by atoms with Crippen LogP contribution in [0.1, 0.15) is 51.8 Å². The minimum Gasteiger partial charge on any atom is -0.347 e. The van der Waals surface area contributed by atoms with Crippen molar-refractivity contribution in [3.8, 4) is 0 Å². The van der Waals surface area contributed by atoms with Gasteiger partial charge in [0, 0.05) is 48.8 Å². The molecule has 31 heavy (non-hydrogen) atoms. The van der Waals surface area contributed by atoms with Gasteiger partial charge in [-0.2, -0.15) is 5.10 Å². The molecule has 2 aliphatic carbocycles. The van der Waals surface area contributed by atoms with Crippen molar-refractivity contribution in [3.05, 3.63) is 82.4 Å². The van der Waals surface area contributed by atoms with Crippen molar-refractivity contribution in [1.29, 1.82) is 0 Å². The van der Waals surface area contributed by atoms with Gasteiger partial charge in [0.15, 0.2) is 5.69 Å². The number of carbonyl (C=O) groups is 1. The second kappa shape index (κ2) is 8.63. The van der Waals surface area contributed by atoms with E-state index in [0.717, 1.165) is 49.8 Å². The molecule has 0 saturated carbocycles. The summed E-state index contributed by atoms with van der Waals surface area (Å²) in [5, 5.41) is 11.6. The number of hydrogen-bond donors (Lipinski definition) is 2. The van der Waals surface area contributed by atoms with Crippen LogP contribution in [-0.4, -0.2) is 32.8 Å². The predicted octanol–water partition coefficient (Wildman–Crippen LogP) is 2.84. The summed E-state index contributed by atoms with van der Waals surface area (Å²) < 4.78 is 2.01. The molecule has 1 atom stereocenters. The molecule has 2 aliphatic rings. The van der Waals surface area contributed by atoms with E-state index in [9.17, 15) is 4.79 Å². The van der Waals surface area contributed by atoms with Crippen LogP contribution in [0, 0.1) is 0 Å². The van der Waals surface area contributed by atoms with Gasteiger partial charge in [-0.05, 0) is 67.9 Å². The SMILES string of the molecule is CCn1nc(C(=O)NCc2ccncc2)c2c1CC[C@H](NC1Cc3ccccc3C1)C2. The Kier molecular flexibility index (Phi) is 5.55. The lowest BCUT2D eigenvalue weighted by molar-refractivity contribution is 0.0944. The summed E-state index contributed by atoms with van der Waals surface area (Å²) in [5.41, 5.74) is 6.90. The fourth-order valence-electron chi connectivity index (χ4n) is 5.05. The van der Waals surface area contributed by atoms with E-state index in [1.807, 2.05) is 16.8 Å². The number of aryl methyl sites for hydroxylation is 1. The molecule has 2 N–H and O–H groups in total. The van der Waals surface area contributed by atoms with Crippen LogP contribution in [0.2, 0.25) is 0 Å². The van der Waals surface area contributed by atoms with Gasteiger partial charge in [-0.3, -0.25) is 14.5 Å². The summed E-state index contributed by atoms with van der Waals surface area (Å²) in [6.07, 6.45) is 8.58. The Labute approximate surface area is 183 Å². The number of fused-ring (bicyclic) bond motifs is 2. The van der Waals surface area contributed by atoms with E-state index in [2.05, 4.69) is 51.9 Å². The molecule has 1 aromatic carbocycles. The van der Waals surface area contributed by atoms with Gasteiger partial charge in [-0.1, -0.05) is 24.3 Å². The first kappa shape index (κ1) is 19.9. The molecule has 6 heteroatoms. The third kappa shape index (κ3) is 4.12. The van der Waals surface area contributed by atoms with E-state index in [1.165, 1.54) is 16.8 Å². The van der Waals surface area contributed by atoms with Crippen LogP contribution in [0.15, 0.2) is 48.8 Å². The third-order valence-electron chi connectivity index (χ3n) is 6.59. The van der Waals surface area contributed by atoms with Gasteiger partial charge in [0.25, 0.3) is 5.91 Å². The van der Waals surface area contributed by atoms with Crippen LogP contribution in [0.4, 0.5) is 0 Å². The summed E-state index contributed by atoms with van der Waals surface area (Å²) in [6, 6.07) is 13.4. The van der Waals surface area contributed by atoms with E-state index in [0.29, 0.717) is 24.3 Å². The number of rotatable bonds is 6. The maximum Gasteiger partial charge on any atom is 0.272 e. The first-order valence-corrected chi connectivity index (χ1v) is 11.3. The first-order valence-electron chi connectivity index (χ1n) is 11.3. The Morgan fingerprint density at radius 2 is 1.81 bits per heavy atom. The highest BCUT2D eigenvalue weighted by Crippen LogP contribution is 2.27. The van der Waals surface area contributed by atoms with Gasteiger partial charge in [0.1, 0.15) is 0 Å². The van der Waals surface area contributed by atoms with Crippen molar-refractivity contribution in [1.82, 2.24) is 25.4 Å². The summed E-state index contributed by atoms with van der Waals surface area (Å²) in [6.45, 7) is 3.36. The molecule has 0 aliphatic heterocycles. The fourth-order valence-corrected chi connectivity index (χ4v) is 5.05. The molecule has 160 valence electrons. The van der Waals surface area contributed by atoms with Crippen LogP contribution < -0.4 is 10.6 Å². The highest BCUT2D eigenvalue weighted by atomic mass is 16.1. The Morgan fingerprint density at radius 3 is 2.52 bits per heavy atom. The molecule has 2 heterocycles. The molecule has 0 spiro atoms. The van der Waals surface area contributed by atoms with E-state index < -0.39 is 0 Å². The van der Waals surface area contributed by atoms with E-state index >= 15 is 0 Å². The molecule has 3 aromatic rings. The first-order chi connectivity index (χ1) is 15.2. The van der Waals surface area contributed by atoms with Crippen LogP contribution in [0.3, 0.4) is 0 Å². The Morgan fingerprint density at radius 1 is 1.06 bits per heavy atom. The Bertz CT molecular complexity index is 1050. The summed E-state index contributed by atoms with van der Waals surface area (Å²) in [5.74, 6) is -0.0887. The lowest BCUT2D eigenvalue weighted by atomic mass is 9.90. The largest absolute Gasteiger partial charge is 0.347 e. The summed E-state index contributed by atoms with van der Waals surface area (Å²) in [4.78, 5) is 17.0. The number of nitrogens with zero attached hydrogens (tertiary/aromatic N) is 3. The van der Waals surface area contributed by atoms with E-state index in [1.54, 1.807) is 12.4 Å². The summed E-state index contributed by atoms with van der Waals surface area (Å²) >= 11 is 0.